The van der Waals surface area contributed by atoms with Gasteiger partial charge in [-0.2, -0.15) is 13.5 Å². The van der Waals surface area contributed by atoms with E-state index in [1.165, 1.54) is 5.56 Å². The lowest BCUT2D eigenvalue weighted by molar-refractivity contribution is -0.119. The number of carbonyl (C=O) groups is 2. The summed E-state index contributed by atoms with van der Waals surface area (Å²) in [5.74, 6) is 0.973. The Hall–Kier alpha value is -4.13. The Balaban J connectivity index is 1.20. The number of thioether (sulfide) groups is 1. The summed E-state index contributed by atoms with van der Waals surface area (Å²) in [5, 5.41) is 7.35. The van der Waals surface area contributed by atoms with Crippen LogP contribution in [0.2, 0.25) is 0 Å². The standard InChI is InChI=1S/C34H38N4O6S2/c1-24-8-3-13-31(25(24)2)44-17-6-15-33(40)38-16-18-45-34-29(11-5-12-30(34)38)27-21-35-37(23-27)22-26-9-4-10-28(20-26)36-32(39)14-7-19-46(41,42)43/h3-5,8-13,20-21,23H,6-7,14-19,22H2,1-2H3,(H,36,39)(H,41,42,43). The number of rotatable bonds is 13. The van der Waals surface area contributed by atoms with Crippen molar-refractivity contribution in [1.82, 2.24) is 9.78 Å². The average molecular weight is 663 g/mol. The van der Waals surface area contributed by atoms with E-state index in [0.29, 0.717) is 38.2 Å². The molecule has 1 aromatic heterocycles. The predicted molar refractivity (Wildman–Crippen MR) is 181 cm³/mol. The zero-order chi connectivity index (χ0) is 32.7. The van der Waals surface area contributed by atoms with Crippen molar-refractivity contribution in [2.24, 2.45) is 0 Å². The second kappa shape index (κ2) is 15.0. The zero-order valence-electron chi connectivity index (χ0n) is 25.9. The summed E-state index contributed by atoms with van der Waals surface area (Å²) in [4.78, 5) is 28.5. The number of benzene rings is 3. The maximum atomic E-state index is 13.3. The molecule has 3 aromatic carbocycles. The van der Waals surface area contributed by atoms with Crippen molar-refractivity contribution in [3.05, 3.63) is 89.7 Å². The van der Waals surface area contributed by atoms with Gasteiger partial charge in [0, 0.05) is 53.0 Å². The normalized spacial score (nSPS) is 12.9. The summed E-state index contributed by atoms with van der Waals surface area (Å²) in [6.07, 6.45) is 4.86. The number of carbonyl (C=O) groups excluding carboxylic acids is 2. The number of hydrogen-bond donors (Lipinski definition) is 2. The molecule has 5 rings (SSSR count). The molecule has 2 N–H and O–H groups in total. The number of fused-ring (bicyclic) bond motifs is 1. The first kappa shape index (κ1) is 33.2. The lowest BCUT2D eigenvalue weighted by Crippen LogP contribution is -2.35. The first-order chi connectivity index (χ1) is 22.1. The summed E-state index contributed by atoms with van der Waals surface area (Å²) in [7, 11) is -4.09. The fraction of sp³-hybridized carbons (Fsp3) is 0.324. The molecule has 0 fully saturated rings. The molecule has 12 heteroatoms. The molecule has 2 amide bonds. The molecule has 1 aliphatic heterocycles. The van der Waals surface area contributed by atoms with Gasteiger partial charge in [0.1, 0.15) is 5.75 Å². The van der Waals surface area contributed by atoms with Crippen LogP contribution in [0.5, 0.6) is 5.75 Å². The number of aromatic nitrogens is 2. The summed E-state index contributed by atoms with van der Waals surface area (Å²) < 4.78 is 38.4. The minimum Gasteiger partial charge on any atom is -0.493 e. The van der Waals surface area contributed by atoms with Crippen molar-refractivity contribution in [1.29, 1.82) is 0 Å². The molecule has 0 aliphatic carbocycles. The third-order valence-corrected chi connectivity index (χ3v) is 9.71. The Morgan fingerprint density at radius 3 is 2.67 bits per heavy atom. The summed E-state index contributed by atoms with van der Waals surface area (Å²) >= 11 is 1.74. The number of anilines is 2. The van der Waals surface area contributed by atoms with E-state index in [2.05, 4.69) is 29.5 Å². The Kier molecular flexibility index (Phi) is 10.8. The molecular weight excluding hydrogens is 625 g/mol. The molecule has 2 heterocycles. The monoisotopic (exact) mass is 662 g/mol. The topological polar surface area (TPSA) is 131 Å². The van der Waals surface area contributed by atoms with Gasteiger partial charge in [0.2, 0.25) is 11.8 Å². The van der Waals surface area contributed by atoms with Crippen molar-refractivity contribution in [3.63, 3.8) is 0 Å². The zero-order valence-corrected chi connectivity index (χ0v) is 27.6. The molecule has 0 atom stereocenters. The molecule has 0 unspecified atom stereocenters. The lowest BCUT2D eigenvalue weighted by Gasteiger charge is -2.30. The van der Waals surface area contributed by atoms with Crippen molar-refractivity contribution in [2.75, 3.05) is 34.9 Å². The molecule has 0 spiro atoms. The first-order valence-electron chi connectivity index (χ1n) is 15.2. The van der Waals surface area contributed by atoms with Gasteiger partial charge in [-0.05, 0) is 67.6 Å². The van der Waals surface area contributed by atoms with E-state index in [1.54, 1.807) is 17.8 Å². The maximum Gasteiger partial charge on any atom is 0.264 e. The van der Waals surface area contributed by atoms with Crippen LogP contribution in [0.1, 0.15) is 42.4 Å². The van der Waals surface area contributed by atoms with E-state index in [1.807, 2.05) is 71.4 Å². The Morgan fingerprint density at radius 2 is 1.85 bits per heavy atom. The van der Waals surface area contributed by atoms with Crippen LogP contribution in [0.3, 0.4) is 0 Å². The molecule has 0 saturated carbocycles. The third kappa shape index (κ3) is 8.77. The second-order valence-electron chi connectivity index (χ2n) is 11.3. The number of nitrogens with one attached hydrogen (secondary N) is 1. The number of hydrogen-bond acceptors (Lipinski definition) is 7. The van der Waals surface area contributed by atoms with Gasteiger partial charge >= 0.3 is 0 Å². The fourth-order valence-electron chi connectivity index (χ4n) is 5.32. The first-order valence-corrected chi connectivity index (χ1v) is 17.8. The van der Waals surface area contributed by atoms with E-state index >= 15 is 0 Å². The fourth-order valence-corrected chi connectivity index (χ4v) is 6.97. The van der Waals surface area contributed by atoms with Gasteiger partial charge in [-0.25, -0.2) is 0 Å². The van der Waals surface area contributed by atoms with Gasteiger partial charge in [-0.15, -0.1) is 11.8 Å². The SMILES string of the molecule is Cc1cccc(OCCCC(=O)N2CCSc3c(-c4cnn(Cc5cccc(NC(=O)CCCS(=O)(=O)O)c5)c4)cccc32)c1C. The van der Waals surface area contributed by atoms with Crippen LogP contribution in [0.4, 0.5) is 11.4 Å². The van der Waals surface area contributed by atoms with E-state index in [-0.39, 0.29) is 24.7 Å². The van der Waals surface area contributed by atoms with Gasteiger partial charge in [-0.1, -0.05) is 36.4 Å². The van der Waals surface area contributed by atoms with Gasteiger partial charge in [0.15, 0.2) is 0 Å². The predicted octanol–water partition coefficient (Wildman–Crippen LogP) is 6.12. The Labute approximate surface area is 273 Å². The van der Waals surface area contributed by atoms with Crippen LogP contribution >= 0.6 is 11.8 Å². The average Bonchev–Trinajstić information content (AvgIpc) is 3.48. The molecule has 0 radical (unpaired) electrons. The van der Waals surface area contributed by atoms with Crippen LogP contribution in [0.15, 0.2) is 78.0 Å². The highest BCUT2D eigenvalue weighted by atomic mass is 32.2. The molecule has 0 bridgehead atoms. The molecule has 46 heavy (non-hydrogen) atoms. The minimum atomic E-state index is -4.09. The van der Waals surface area contributed by atoms with E-state index in [9.17, 15) is 18.0 Å². The summed E-state index contributed by atoms with van der Waals surface area (Å²) in [6, 6.07) is 19.4. The van der Waals surface area contributed by atoms with Crippen molar-refractivity contribution >= 4 is 45.1 Å². The van der Waals surface area contributed by atoms with E-state index in [0.717, 1.165) is 44.3 Å². The van der Waals surface area contributed by atoms with E-state index < -0.39 is 15.9 Å². The van der Waals surface area contributed by atoms with Gasteiger partial charge < -0.3 is 15.0 Å². The Bertz CT molecular complexity index is 1820. The molecular formula is C34H38N4O6S2. The number of ether oxygens (including phenoxy) is 1. The summed E-state index contributed by atoms with van der Waals surface area (Å²) in [5.41, 5.74) is 6.71. The maximum absolute atomic E-state index is 13.3. The molecule has 10 nitrogen and oxygen atoms in total. The highest BCUT2D eigenvalue weighted by Gasteiger charge is 2.25. The van der Waals surface area contributed by atoms with Gasteiger partial charge in [-0.3, -0.25) is 18.8 Å². The lowest BCUT2D eigenvalue weighted by atomic mass is 10.1. The van der Waals surface area contributed by atoms with Gasteiger partial charge in [0.25, 0.3) is 10.1 Å². The third-order valence-electron chi connectivity index (χ3n) is 7.80. The quantitative estimate of drug-likeness (QED) is 0.129. The van der Waals surface area contributed by atoms with Crippen molar-refractivity contribution < 1.29 is 27.3 Å². The number of aryl methyl sites for hydroxylation is 1. The molecule has 0 saturated heterocycles. The van der Waals surface area contributed by atoms with Crippen LogP contribution in [-0.4, -0.2) is 59.2 Å². The molecule has 242 valence electrons. The van der Waals surface area contributed by atoms with Crippen LogP contribution in [-0.2, 0) is 26.3 Å². The van der Waals surface area contributed by atoms with Crippen LogP contribution in [0.25, 0.3) is 11.1 Å². The highest BCUT2D eigenvalue weighted by molar-refractivity contribution is 7.99. The van der Waals surface area contributed by atoms with Crippen molar-refractivity contribution in [3.8, 4) is 16.9 Å². The second-order valence-corrected chi connectivity index (χ2v) is 13.9. The van der Waals surface area contributed by atoms with E-state index in [4.69, 9.17) is 9.29 Å². The van der Waals surface area contributed by atoms with Crippen LogP contribution < -0.4 is 15.0 Å². The van der Waals surface area contributed by atoms with Gasteiger partial charge in [0.05, 0.1) is 30.8 Å². The molecule has 4 aromatic rings. The summed E-state index contributed by atoms with van der Waals surface area (Å²) in [6.45, 7) is 5.72. The Morgan fingerprint density at radius 1 is 1.04 bits per heavy atom. The number of nitrogens with zero attached hydrogens (tertiary/aromatic N) is 3. The molecule has 1 aliphatic rings. The smallest absolute Gasteiger partial charge is 0.264 e. The largest absolute Gasteiger partial charge is 0.493 e. The minimum absolute atomic E-state index is 0.0168. The van der Waals surface area contributed by atoms with Crippen LogP contribution in [0, 0.1) is 13.8 Å². The highest BCUT2D eigenvalue weighted by Crippen LogP contribution is 2.42. The number of amides is 2. The van der Waals surface area contributed by atoms with Crippen molar-refractivity contribution in [2.45, 2.75) is 51.0 Å².